The van der Waals surface area contributed by atoms with Gasteiger partial charge in [-0.05, 0) is 30.2 Å². The van der Waals surface area contributed by atoms with Crippen molar-refractivity contribution >= 4 is 23.6 Å². The van der Waals surface area contributed by atoms with E-state index in [9.17, 15) is 17.3 Å². The van der Waals surface area contributed by atoms with Crippen LogP contribution in [0.15, 0.2) is 24.2 Å². The Morgan fingerprint density at radius 1 is 1.31 bits per heavy atom. The molecule has 82 valence electrons. The zero-order valence-corrected chi connectivity index (χ0v) is 12.7. The Labute approximate surface area is 139 Å². The maximum atomic E-state index is 12.8. The molecule has 0 bridgehead atoms. The first-order chi connectivity index (χ1) is 6.79. The molecule has 0 aliphatic heterocycles. The fourth-order valence-electron chi connectivity index (χ4n) is 1.06. The second-order valence-electron chi connectivity index (χ2n) is 3.10. The third kappa shape index (κ3) is 5.34. The molecule has 0 unspecified atom stereocenters. The van der Waals surface area contributed by atoms with Gasteiger partial charge in [0.1, 0.15) is 5.82 Å². The number of benzene rings is 1. The molecule has 0 saturated carbocycles. The molecule has 1 aromatic rings. The molecule has 0 saturated heterocycles. The van der Waals surface area contributed by atoms with Crippen molar-refractivity contribution in [2.75, 3.05) is 0 Å². The summed E-state index contributed by atoms with van der Waals surface area (Å²) in [6.45, 7) is -3.62. The third-order valence-corrected chi connectivity index (χ3v) is 2.11. The molecule has 0 aliphatic rings. The van der Waals surface area contributed by atoms with Crippen molar-refractivity contribution in [2.24, 2.45) is 0 Å². The molecule has 1 rings (SSSR count). The summed E-state index contributed by atoms with van der Waals surface area (Å²) in [7, 11) is 0. The van der Waals surface area contributed by atoms with Crippen LogP contribution in [-0.2, 0) is 0 Å². The van der Waals surface area contributed by atoms with Gasteiger partial charge in [-0.15, -0.1) is 5.98 Å². The molecule has 7 heteroatoms. The largest absolute Gasteiger partial charge is 1.00 e. The van der Waals surface area contributed by atoms with E-state index in [0.29, 0.717) is 0 Å². The summed E-state index contributed by atoms with van der Waals surface area (Å²) in [5.41, 5.74) is 0.420. The van der Waals surface area contributed by atoms with Crippen molar-refractivity contribution < 1.29 is 68.7 Å². The van der Waals surface area contributed by atoms with E-state index in [4.69, 9.17) is 11.6 Å². The van der Waals surface area contributed by atoms with Gasteiger partial charge in [-0.3, -0.25) is 0 Å². The van der Waals surface area contributed by atoms with Crippen molar-refractivity contribution in [2.45, 2.75) is 6.92 Å². The van der Waals surface area contributed by atoms with Gasteiger partial charge < -0.3 is 12.9 Å². The number of rotatable bonds is 2. The SMILES string of the molecule is Cc1cc(/C(Cl)=C/[B-](F)(F)F)ccc1F.[K+]. The van der Waals surface area contributed by atoms with E-state index in [1.807, 2.05) is 0 Å². The van der Waals surface area contributed by atoms with Gasteiger partial charge in [-0.2, -0.15) is 0 Å². The molecule has 0 fully saturated rings. The van der Waals surface area contributed by atoms with Crippen molar-refractivity contribution in [3.8, 4) is 0 Å². The van der Waals surface area contributed by atoms with Crippen LogP contribution in [0.1, 0.15) is 11.1 Å². The first-order valence-electron chi connectivity index (χ1n) is 4.14. The summed E-state index contributed by atoms with van der Waals surface area (Å²) < 4.78 is 48.8. The molecule has 0 aromatic heterocycles. The molecular weight excluding hydrogens is 269 g/mol. The van der Waals surface area contributed by atoms with Gasteiger partial charge >= 0.3 is 58.4 Å². The second kappa shape index (κ2) is 6.56. The third-order valence-electron chi connectivity index (χ3n) is 1.77. The molecule has 0 atom stereocenters. The minimum absolute atomic E-state index is 0. The Bertz CT molecular complexity index is 403. The average Bonchev–Trinajstić information content (AvgIpc) is 2.06. The predicted octanol–water partition coefficient (Wildman–Crippen LogP) is 1.10. The molecule has 1 aromatic carbocycles. The quantitative estimate of drug-likeness (QED) is 0.561. The van der Waals surface area contributed by atoms with Crippen molar-refractivity contribution in [3.05, 3.63) is 41.1 Å². The summed E-state index contributed by atoms with van der Waals surface area (Å²) in [6.07, 6.45) is 0. The van der Waals surface area contributed by atoms with Crippen LogP contribution in [0.5, 0.6) is 0 Å². The summed E-state index contributed by atoms with van der Waals surface area (Å²) in [5, 5.41) is -0.425. The Kier molecular flexibility index (Phi) is 6.84. The zero-order chi connectivity index (χ0) is 11.6. The predicted molar refractivity (Wildman–Crippen MR) is 54.0 cm³/mol. The van der Waals surface area contributed by atoms with Gasteiger partial charge in [-0.25, -0.2) is 4.39 Å². The van der Waals surface area contributed by atoms with Crippen LogP contribution in [0.4, 0.5) is 17.3 Å². The van der Waals surface area contributed by atoms with E-state index >= 15 is 0 Å². The summed E-state index contributed by atoms with van der Waals surface area (Å²) >= 11 is 5.45. The average molecular weight is 277 g/mol. The molecule has 0 radical (unpaired) electrons. The van der Waals surface area contributed by atoms with Crippen molar-refractivity contribution in [3.63, 3.8) is 0 Å². The molecule has 0 nitrogen and oxygen atoms in total. The number of halogens is 5. The Morgan fingerprint density at radius 3 is 2.31 bits per heavy atom. The van der Waals surface area contributed by atoms with Gasteiger partial charge in [-0.1, -0.05) is 17.7 Å². The van der Waals surface area contributed by atoms with Crippen LogP contribution < -0.4 is 51.4 Å². The molecule has 0 heterocycles. The van der Waals surface area contributed by atoms with Crippen LogP contribution in [0.3, 0.4) is 0 Å². The van der Waals surface area contributed by atoms with Crippen LogP contribution in [0.25, 0.3) is 5.03 Å². The van der Waals surface area contributed by atoms with E-state index in [1.165, 1.54) is 19.1 Å². The van der Waals surface area contributed by atoms with Crippen LogP contribution in [-0.4, -0.2) is 6.98 Å². The van der Waals surface area contributed by atoms with E-state index in [0.717, 1.165) is 6.07 Å². The van der Waals surface area contributed by atoms with Gasteiger partial charge in [0.2, 0.25) is 0 Å². The van der Waals surface area contributed by atoms with Crippen molar-refractivity contribution in [1.82, 2.24) is 0 Å². The fraction of sp³-hybridized carbons (Fsp3) is 0.111. The minimum atomic E-state index is -5.08. The molecule has 16 heavy (non-hydrogen) atoms. The smallest absolute Gasteiger partial charge is 0.445 e. The Balaban J connectivity index is 0.00000225. The summed E-state index contributed by atoms with van der Waals surface area (Å²) in [5.74, 6) is -0.436. The summed E-state index contributed by atoms with van der Waals surface area (Å²) in [4.78, 5) is 0. The van der Waals surface area contributed by atoms with Gasteiger partial charge in [0.15, 0.2) is 0 Å². The Hall–Kier alpha value is 0.671. The molecule has 0 N–H and O–H groups in total. The van der Waals surface area contributed by atoms with E-state index < -0.39 is 17.8 Å². The monoisotopic (exact) mass is 276 g/mol. The number of hydrogen-bond donors (Lipinski definition) is 0. The van der Waals surface area contributed by atoms with Crippen LogP contribution in [0, 0.1) is 12.7 Å². The second-order valence-corrected chi connectivity index (χ2v) is 3.51. The van der Waals surface area contributed by atoms with E-state index in [1.54, 1.807) is 0 Å². The van der Waals surface area contributed by atoms with Gasteiger partial charge in [0, 0.05) is 5.03 Å². The van der Waals surface area contributed by atoms with Crippen LogP contribution in [0.2, 0.25) is 0 Å². The minimum Gasteiger partial charge on any atom is -0.445 e. The fourth-order valence-corrected chi connectivity index (χ4v) is 1.32. The first kappa shape index (κ1) is 16.7. The normalized spacial score (nSPS) is 12.2. The Morgan fingerprint density at radius 2 is 1.88 bits per heavy atom. The number of aryl methyl sites for hydroxylation is 1. The standard InChI is InChI=1S/C9H7BClF4.K/c1-6-4-7(2-3-9(6)12)8(11)5-10(13,14)15;/h2-5H,1H3;/q-1;+1/b8-5-;. The van der Waals surface area contributed by atoms with Gasteiger partial charge in [0.05, 0.1) is 0 Å². The van der Waals surface area contributed by atoms with E-state index in [2.05, 4.69) is 0 Å². The van der Waals surface area contributed by atoms with Crippen LogP contribution >= 0.6 is 11.6 Å². The zero-order valence-electron chi connectivity index (χ0n) is 8.78. The molecule has 0 aliphatic carbocycles. The topological polar surface area (TPSA) is 0 Å². The first-order valence-corrected chi connectivity index (χ1v) is 4.52. The van der Waals surface area contributed by atoms with Gasteiger partial charge in [0.25, 0.3) is 0 Å². The molecule has 0 amide bonds. The maximum absolute atomic E-state index is 12.8. The maximum Gasteiger partial charge on any atom is 1.00 e. The van der Waals surface area contributed by atoms with Crippen molar-refractivity contribution in [1.29, 1.82) is 0 Å². The molecular formula is C9H7BClF4K. The number of hydrogen-bond acceptors (Lipinski definition) is 0. The molecule has 0 spiro atoms. The summed E-state index contributed by atoms with van der Waals surface area (Å²) in [6, 6.07) is 3.57. The van der Waals surface area contributed by atoms with E-state index in [-0.39, 0.29) is 68.5 Å².